The highest BCUT2D eigenvalue weighted by atomic mass is 35.5. The molecule has 6 rings (SSSR count). The van der Waals surface area contributed by atoms with E-state index in [0.717, 1.165) is 23.3 Å². The van der Waals surface area contributed by atoms with Crippen LogP contribution in [-0.4, -0.2) is 239 Å². The van der Waals surface area contributed by atoms with E-state index in [1.165, 1.54) is 81.9 Å². The number of hydrogen-bond donors (Lipinski definition) is 3. The maximum atomic E-state index is 14.7. The summed E-state index contributed by atoms with van der Waals surface area (Å²) in [6, 6.07) is 7.73. The van der Waals surface area contributed by atoms with Crippen LogP contribution >= 0.6 is 49.1 Å². The Morgan fingerprint density at radius 1 is 0.855 bits per heavy atom. The van der Waals surface area contributed by atoms with Crippen LogP contribution in [-0.2, 0) is 59.1 Å². The first-order chi connectivity index (χ1) is 39.0. The van der Waals surface area contributed by atoms with Gasteiger partial charge in [0.05, 0.1) is 73.2 Å². The van der Waals surface area contributed by atoms with Gasteiger partial charge >= 0.3 is 23.9 Å². The first-order valence-corrected chi connectivity index (χ1v) is 24.7. The number of thiocarbonyl (C=S) groups is 3. The molecule has 0 radical (unpaired) electrons. The van der Waals surface area contributed by atoms with Crippen molar-refractivity contribution in [2.45, 2.75) is 13.0 Å². The number of methoxy groups -OCH3 is 6. The molecule has 29 nitrogen and oxygen atoms in total. The number of ether oxygens (including phenoxy) is 8. The number of isothiocyanates is 1. The number of carbonyl (C=O) groups excluding carboxylic acids is 8. The van der Waals surface area contributed by atoms with Crippen molar-refractivity contribution in [2.24, 2.45) is 20.9 Å². The second kappa shape index (κ2) is 40.7. The number of aromatic amines is 1. The zero-order chi connectivity index (χ0) is 61.9. The number of carbonyl (C=O) groups is 8. The molecule has 3 aliphatic rings. The molecule has 0 aliphatic carbocycles. The van der Waals surface area contributed by atoms with Crippen LogP contribution in [0.15, 0.2) is 57.6 Å². The molecule has 34 heteroatoms. The van der Waals surface area contributed by atoms with Crippen molar-refractivity contribution in [1.29, 1.82) is 0 Å². The fourth-order valence-corrected chi connectivity index (χ4v) is 6.24. The molecule has 0 bridgehead atoms. The van der Waals surface area contributed by atoms with Gasteiger partial charge in [-0.25, -0.2) is 14.4 Å². The highest BCUT2D eigenvalue weighted by molar-refractivity contribution is 7.80. The maximum Gasteiger partial charge on any atom is 0.325 e. The molecule has 1 aromatic heterocycles. The Hall–Kier alpha value is -8.46. The number of aldehydes is 1. The van der Waals surface area contributed by atoms with Crippen LogP contribution in [0.5, 0.6) is 23.0 Å². The Morgan fingerprint density at radius 2 is 1.47 bits per heavy atom. The van der Waals surface area contributed by atoms with E-state index in [0.29, 0.717) is 40.2 Å². The molecule has 3 aromatic rings. The summed E-state index contributed by atoms with van der Waals surface area (Å²) in [5.74, 6) is -1.55. The summed E-state index contributed by atoms with van der Waals surface area (Å²) in [4.78, 5) is 102. The van der Waals surface area contributed by atoms with E-state index < -0.39 is 23.7 Å². The number of nitrogens with one attached hydrogen (secondary N) is 2. The van der Waals surface area contributed by atoms with Crippen LogP contribution < -0.4 is 30.0 Å². The van der Waals surface area contributed by atoms with Crippen molar-refractivity contribution in [2.75, 3.05) is 124 Å². The van der Waals surface area contributed by atoms with E-state index in [4.69, 9.17) is 49.1 Å². The third-order valence-electron chi connectivity index (χ3n) is 10.0. The minimum absolute atomic E-state index is 0. The number of esters is 4. The predicted octanol–water partition coefficient (Wildman–Crippen LogP) is 1.14. The van der Waals surface area contributed by atoms with E-state index in [9.17, 15) is 42.7 Å². The standard InChI is InChI=1S/C18H18FN5O5S.C12H12N2O3.C7H10N2O3S.C5H8N2OS.C4H9NO2.C3H7NO2.ClH/c1-23-12(17(26)24(18(23)30)7-15(25)28-3)5-10-4-11(19)16(13(6-10)27-2)29-8-14-20-9-21-22-14;1-16-12-6-9(7-15)2-3-11(12)17-8-10-4-5-13-14-10;1-8-3-5(10)9(7(8)13)4-6(11)12-2;1-7(2)5(8)3-6-4-9;1-5-3-4(6)7-2;1-6-3(5)2-4;/h4-6,9H,7-8H2,1-3H3,(H,20,21,22);2-3,5-7H,4,8H2,1H3;3-4H2,1-2H3;3H2,1-2H3;5H,3H2,1-2H3;2,4H2,1H3;1H/b12-5+;;;;;;. The predicted molar refractivity (Wildman–Crippen MR) is 312 cm³/mol. The van der Waals surface area contributed by atoms with Crippen LogP contribution in [0.1, 0.15) is 28.2 Å². The number of halogens is 2. The number of benzene rings is 2. The van der Waals surface area contributed by atoms with Crippen LogP contribution in [0.25, 0.3) is 6.08 Å². The van der Waals surface area contributed by atoms with Gasteiger partial charge in [0.2, 0.25) is 11.8 Å². The smallest absolute Gasteiger partial charge is 0.325 e. The zero-order valence-electron chi connectivity index (χ0n) is 47.2. The SMILES string of the molecule is CN(C)C(=O)CN=C=S.CNCC(=O)OC.COC(=O)CN.COC(=O)CN1C(=O)/C(=C\c2cc(F)c(OCc3ncn[nH]3)c(OC)c2)N(C)C1=S.COC(=O)CN1C(=O)CN(C)C1=S.COc1cc(C=O)ccc1OCC1=NN=CC1.Cl. The van der Waals surface area contributed by atoms with Gasteiger partial charge in [0.25, 0.3) is 5.91 Å². The van der Waals surface area contributed by atoms with Gasteiger partial charge < -0.3 is 63.6 Å². The van der Waals surface area contributed by atoms with Gasteiger partial charge in [-0.05, 0) is 85.7 Å². The average Bonchev–Trinajstić information content (AvgIpc) is 4.44. The highest BCUT2D eigenvalue weighted by Gasteiger charge is 2.37. The second-order valence-electron chi connectivity index (χ2n) is 15.9. The largest absolute Gasteiger partial charge is 0.493 e. The van der Waals surface area contributed by atoms with Crippen molar-refractivity contribution in [3.8, 4) is 23.0 Å². The first kappa shape index (κ1) is 74.5. The molecule has 0 spiro atoms. The Kier molecular flexibility index (Phi) is 36.5. The lowest BCUT2D eigenvalue weighted by molar-refractivity contribution is -0.143. The summed E-state index contributed by atoms with van der Waals surface area (Å²) in [6.07, 6.45) is 5.96. The Labute approximate surface area is 499 Å². The van der Waals surface area contributed by atoms with Crippen molar-refractivity contribution in [3.05, 3.63) is 65.1 Å². The molecular weight excluding hydrogens is 1180 g/mol. The highest BCUT2D eigenvalue weighted by Crippen LogP contribution is 2.34. The normalized spacial score (nSPS) is 12.9. The molecule has 2 saturated heterocycles. The van der Waals surface area contributed by atoms with E-state index in [-0.39, 0.29) is 104 Å². The maximum absolute atomic E-state index is 14.7. The number of H-pyrrole nitrogens is 1. The number of rotatable bonds is 19. The Bertz CT molecular complexity index is 2840. The van der Waals surface area contributed by atoms with Crippen LogP contribution in [0, 0.1) is 5.82 Å². The summed E-state index contributed by atoms with van der Waals surface area (Å²) in [5, 5.41) is 19.2. The van der Waals surface area contributed by atoms with Crippen LogP contribution in [0.2, 0.25) is 0 Å². The monoisotopic (exact) mass is 1240 g/mol. The van der Waals surface area contributed by atoms with E-state index in [1.807, 2.05) is 0 Å². The molecule has 3 amide bonds. The molecule has 3 aliphatic heterocycles. The quantitative estimate of drug-likeness (QED) is 0.0378. The lowest BCUT2D eigenvalue weighted by Gasteiger charge is -2.15. The number of nitrogens with two attached hydrogens (primary N) is 1. The number of likely N-dealkylation sites (N-methyl/N-ethyl adjacent to an activating group) is 4. The minimum atomic E-state index is -0.692. The number of aromatic nitrogens is 3. The van der Waals surface area contributed by atoms with Crippen molar-refractivity contribution < 1.29 is 80.6 Å². The Balaban J connectivity index is 0.00000108. The fraction of sp³-hybridized carbons (Fsp3) is 0.408. The molecule has 0 saturated carbocycles. The lowest BCUT2D eigenvalue weighted by Crippen LogP contribution is -2.36. The summed E-state index contributed by atoms with van der Waals surface area (Å²) < 4.78 is 53.5. The lowest BCUT2D eigenvalue weighted by atomic mass is 10.1. The van der Waals surface area contributed by atoms with Gasteiger partial charge in [-0.2, -0.15) is 15.3 Å². The zero-order valence-corrected chi connectivity index (χ0v) is 50.4. The minimum Gasteiger partial charge on any atom is -0.493 e. The summed E-state index contributed by atoms with van der Waals surface area (Å²) >= 11 is 14.4. The third kappa shape index (κ3) is 26.3. The molecule has 0 unspecified atom stereocenters. The van der Waals surface area contributed by atoms with E-state index >= 15 is 0 Å². The molecule has 2 fully saturated rings. The second-order valence-corrected chi connectivity index (χ2v) is 16.8. The molecule has 4 heterocycles. The van der Waals surface area contributed by atoms with Gasteiger partial charge in [0, 0.05) is 46.4 Å². The molecule has 454 valence electrons. The third-order valence-corrected chi connectivity index (χ3v) is 11.2. The number of aliphatic imine (C=N–C) groups is 1. The first-order valence-electron chi connectivity index (χ1n) is 23.4. The van der Waals surface area contributed by atoms with Crippen molar-refractivity contribution in [3.63, 3.8) is 0 Å². The van der Waals surface area contributed by atoms with Crippen LogP contribution in [0.4, 0.5) is 4.39 Å². The van der Waals surface area contributed by atoms with Crippen molar-refractivity contribution in [1.82, 2.24) is 45.0 Å². The molecule has 4 N–H and O–H groups in total. The van der Waals surface area contributed by atoms with E-state index in [2.05, 4.69) is 72.0 Å². The number of hydrogen-bond acceptors (Lipinski definition) is 26. The summed E-state index contributed by atoms with van der Waals surface area (Å²) in [6.45, 7) is 0.516. The molecule has 2 aromatic carbocycles. The van der Waals surface area contributed by atoms with Gasteiger partial charge in [0.1, 0.15) is 51.2 Å². The van der Waals surface area contributed by atoms with Gasteiger partial charge in [-0.1, -0.05) is 0 Å². The average molecular weight is 1240 g/mol. The van der Waals surface area contributed by atoms with Crippen molar-refractivity contribution >= 4 is 130 Å². The van der Waals surface area contributed by atoms with Gasteiger partial charge in [0.15, 0.2) is 44.9 Å². The fourth-order valence-electron chi connectivity index (χ4n) is 5.70. The Morgan fingerprint density at radius 3 is 1.93 bits per heavy atom. The van der Waals surface area contributed by atoms with E-state index in [1.54, 1.807) is 64.6 Å². The van der Waals surface area contributed by atoms with Crippen LogP contribution in [0.3, 0.4) is 0 Å². The van der Waals surface area contributed by atoms with Gasteiger partial charge in [-0.15, -0.1) is 12.4 Å². The van der Waals surface area contributed by atoms with Gasteiger partial charge in [-0.3, -0.25) is 53.3 Å². The molecular formula is C49H65ClFN13O16S3. The summed E-state index contributed by atoms with van der Waals surface area (Å²) in [7, 11) is 16.4. The topological polar surface area (TPSA) is 343 Å². The summed E-state index contributed by atoms with van der Waals surface area (Å²) in [5.41, 5.74) is 6.74. The molecule has 83 heavy (non-hydrogen) atoms. The number of amides is 3. The number of nitrogens with zero attached hydrogens (tertiary/aromatic N) is 10. The molecule has 0 atom stereocenters.